The third kappa shape index (κ3) is 8.66. The minimum absolute atomic E-state index is 0.0260. The predicted octanol–water partition coefficient (Wildman–Crippen LogP) is 4.86. The van der Waals surface area contributed by atoms with Gasteiger partial charge in [0.2, 0.25) is 11.8 Å². The minimum Gasteiger partial charge on any atom is -0.493 e. The zero-order valence-corrected chi connectivity index (χ0v) is 21.9. The maximum atomic E-state index is 13.7. The molecule has 1 fully saturated rings. The fourth-order valence-electron chi connectivity index (χ4n) is 4.34. The average molecular weight is 497 g/mol. The van der Waals surface area contributed by atoms with Gasteiger partial charge in [-0.05, 0) is 57.7 Å². The third-order valence-corrected chi connectivity index (χ3v) is 6.18. The van der Waals surface area contributed by atoms with E-state index in [1.807, 2.05) is 26.8 Å². The quantitative estimate of drug-likeness (QED) is 0.240. The van der Waals surface area contributed by atoms with Gasteiger partial charge >= 0.3 is 0 Å². The van der Waals surface area contributed by atoms with Crippen molar-refractivity contribution >= 4 is 23.4 Å². The highest BCUT2D eigenvalue weighted by molar-refractivity contribution is 6.27. The Kier molecular flexibility index (Phi) is 12.5. The maximum Gasteiger partial charge on any atom is 0.247 e. The summed E-state index contributed by atoms with van der Waals surface area (Å²) in [6.07, 6.45) is 7.08. The number of hydrogen-bond donors (Lipinski definition) is 1. The van der Waals surface area contributed by atoms with E-state index in [0.717, 1.165) is 25.7 Å². The number of ether oxygens (including phenoxy) is 3. The van der Waals surface area contributed by atoms with Crippen molar-refractivity contribution in [2.75, 3.05) is 32.7 Å². The number of benzene rings is 1. The van der Waals surface area contributed by atoms with Crippen LogP contribution in [0.4, 0.5) is 0 Å². The zero-order valence-electron chi connectivity index (χ0n) is 21.1. The summed E-state index contributed by atoms with van der Waals surface area (Å²) in [7, 11) is 1.57. The Morgan fingerprint density at radius 1 is 1.15 bits per heavy atom. The van der Waals surface area contributed by atoms with Gasteiger partial charge < -0.3 is 24.4 Å². The molecule has 1 saturated carbocycles. The lowest BCUT2D eigenvalue weighted by molar-refractivity contribution is -0.139. The lowest BCUT2D eigenvalue weighted by Gasteiger charge is -2.32. The van der Waals surface area contributed by atoms with E-state index < -0.39 is 6.04 Å². The number of nitrogens with one attached hydrogen (secondary N) is 1. The van der Waals surface area contributed by atoms with Gasteiger partial charge in [-0.15, -0.1) is 11.6 Å². The summed E-state index contributed by atoms with van der Waals surface area (Å²) in [6.45, 7) is 7.28. The predicted molar refractivity (Wildman–Crippen MR) is 135 cm³/mol. The smallest absolute Gasteiger partial charge is 0.247 e. The number of rotatable bonds is 13. The van der Waals surface area contributed by atoms with Crippen LogP contribution in [0.5, 0.6) is 11.5 Å². The molecule has 0 spiro atoms. The summed E-state index contributed by atoms with van der Waals surface area (Å²) >= 11 is 5.98. The van der Waals surface area contributed by atoms with Crippen LogP contribution >= 0.6 is 11.6 Å². The van der Waals surface area contributed by atoms with E-state index in [4.69, 9.17) is 25.8 Å². The van der Waals surface area contributed by atoms with E-state index >= 15 is 0 Å². The molecule has 192 valence electrons. The molecule has 7 nitrogen and oxygen atoms in total. The molecule has 0 radical (unpaired) electrons. The van der Waals surface area contributed by atoms with Crippen LogP contribution in [0.3, 0.4) is 0 Å². The molecule has 1 N–H and O–H groups in total. The van der Waals surface area contributed by atoms with Crippen LogP contribution in [0.15, 0.2) is 18.2 Å². The number of amides is 2. The second-order valence-electron chi connectivity index (χ2n) is 8.95. The van der Waals surface area contributed by atoms with E-state index in [1.54, 1.807) is 24.1 Å². The highest BCUT2D eigenvalue weighted by atomic mass is 35.5. The van der Waals surface area contributed by atoms with Gasteiger partial charge in [0, 0.05) is 25.8 Å². The molecule has 1 unspecified atom stereocenters. The maximum absolute atomic E-state index is 13.7. The van der Waals surface area contributed by atoms with Crippen molar-refractivity contribution in [2.45, 2.75) is 83.9 Å². The second kappa shape index (κ2) is 15.1. The monoisotopic (exact) mass is 496 g/mol. The van der Waals surface area contributed by atoms with Crippen LogP contribution in [0.2, 0.25) is 0 Å². The van der Waals surface area contributed by atoms with Crippen LogP contribution in [-0.4, -0.2) is 61.6 Å². The first-order valence-electron chi connectivity index (χ1n) is 12.5. The molecule has 34 heavy (non-hydrogen) atoms. The van der Waals surface area contributed by atoms with Gasteiger partial charge in [-0.3, -0.25) is 9.59 Å². The van der Waals surface area contributed by atoms with Crippen molar-refractivity contribution in [1.29, 1.82) is 0 Å². The Balaban J connectivity index is 2.39. The molecular formula is C26H41ClN2O5. The minimum atomic E-state index is -0.821. The van der Waals surface area contributed by atoms with Crippen molar-refractivity contribution < 1.29 is 23.8 Å². The van der Waals surface area contributed by atoms with Crippen LogP contribution in [0, 0.1) is 0 Å². The van der Waals surface area contributed by atoms with Crippen molar-refractivity contribution in [1.82, 2.24) is 10.2 Å². The summed E-state index contributed by atoms with van der Waals surface area (Å²) < 4.78 is 16.9. The van der Waals surface area contributed by atoms with Crippen molar-refractivity contribution in [2.24, 2.45) is 0 Å². The molecule has 0 heterocycles. The second-order valence-corrected chi connectivity index (χ2v) is 9.22. The lowest BCUT2D eigenvalue weighted by atomic mass is 10.0. The molecule has 0 bridgehead atoms. The van der Waals surface area contributed by atoms with Crippen LogP contribution in [0.25, 0.3) is 0 Å². The summed E-state index contributed by atoms with van der Waals surface area (Å²) in [4.78, 5) is 28.2. The first kappa shape index (κ1) is 28.2. The molecule has 0 aliphatic heterocycles. The van der Waals surface area contributed by atoms with Crippen molar-refractivity contribution in [3.63, 3.8) is 0 Å². The molecule has 2 amide bonds. The fraction of sp³-hybridized carbons (Fsp3) is 0.692. The Hall–Kier alpha value is -1.99. The Morgan fingerprint density at radius 2 is 1.85 bits per heavy atom. The van der Waals surface area contributed by atoms with E-state index in [1.165, 1.54) is 12.8 Å². The van der Waals surface area contributed by atoms with E-state index in [-0.39, 0.29) is 29.8 Å². The van der Waals surface area contributed by atoms with Gasteiger partial charge in [-0.25, -0.2) is 0 Å². The van der Waals surface area contributed by atoms with Gasteiger partial charge in [0.1, 0.15) is 11.9 Å². The van der Waals surface area contributed by atoms with Crippen LogP contribution < -0.4 is 14.8 Å². The number of carbonyl (C=O) groups is 2. The summed E-state index contributed by atoms with van der Waals surface area (Å²) in [5.74, 6) is 0.428. The van der Waals surface area contributed by atoms with E-state index in [0.29, 0.717) is 43.2 Å². The molecule has 1 aromatic rings. The largest absolute Gasteiger partial charge is 0.493 e. The zero-order chi connectivity index (χ0) is 24.9. The Labute approximate surface area is 209 Å². The Bertz CT molecular complexity index is 766. The number of hydrogen-bond acceptors (Lipinski definition) is 5. The first-order chi connectivity index (χ1) is 16.4. The lowest BCUT2D eigenvalue weighted by Crippen LogP contribution is -2.47. The Morgan fingerprint density at radius 3 is 2.44 bits per heavy atom. The van der Waals surface area contributed by atoms with Gasteiger partial charge in [-0.1, -0.05) is 31.7 Å². The number of methoxy groups -OCH3 is 1. The third-order valence-electron chi connectivity index (χ3n) is 5.95. The molecule has 2 rings (SSSR count). The molecular weight excluding hydrogens is 456 g/mol. The SMILES string of the molecule is CCOCCCN(C(=O)CCl)C(C(=O)NC1CCCCCC1)c1ccc(OC(C)C)c(OC)c1. The van der Waals surface area contributed by atoms with Crippen LogP contribution in [-0.2, 0) is 14.3 Å². The van der Waals surface area contributed by atoms with Gasteiger partial charge in [-0.2, -0.15) is 0 Å². The number of carbonyl (C=O) groups excluding carboxylic acids is 2. The average Bonchev–Trinajstić information content (AvgIpc) is 3.09. The summed E-state index contributed by atoms with van der Waals surface area (Å²) in [6, 6.07) is 4.70. The van der Waals surface area contributed by atoms with Crippen molar-refractivity contribution in [3.05, 3.63) is 23.8 Å². The molecule has 1 aromatic carbocycles. The molecule has 1 aliphatic carbocycles. The molecule has 1 atom stereocenters. The van der Waals surface area contributed by atoms with Gasteiger partial charge in [0.25, 0.3) is 0 Å². The molecule has 1 aliphatic rings. The van der Waals surface area contributed by atoms with E-state index in [9.17, 15) is 9.59 Å². The number of halogens is 1. The number of alkyl halides is 1. The first-order valence-corrected chi connectivity index (χ1v) is 13.0. The normalized spacial score (nSPS) is 15.5. The summed E-state index contributed by atoms with van der Waals surface area (Å²) in [5, 5.41) is 3.22. The highest BCUT2D eigenvalue weighted by Crippen LogP contribution is 2.33. The fourth-order valence-corrected chi connectivity index (χ4v) is 4.49. The van der Waals surface area contributed by atoms with E-state index in [2.05, 4.69) is 5.32 Å². The standard InChI is InChI=1S/C26H41ClN2O5/c1-5-33-16-10-15-29(24(30)18-27)25(26(31)28-21-11-8-6-7-9-12-21)20-13-14-22(34-19(2)3)23(17-20)32-4/h13-14,17,19,21,25H,5-12,15-16,18H2,1-4H3,(H,28,31). The molecule has 0 aromatic heterocycles. The molecule has 0 saturated heterocycles. The van der Waals surface area contributed by atoms with Gasteiger partial charge in [0.15, 0.2) is 11.5 Å². The van der Waals surface area contributed by atoms with Gasteiger partial charge in [0.05, 0.1) is 13.2 Å². The highest BCUT2D eigenvalue weighted by Gasteiger charge is 2.33. The van der Waals surface area contributed by atoms with Crippen molar-refractivity contribution in [3.8, 4) is 11.5 Å². The topological polar surface area (TPSA) is 77.1 Å². The number of nitrogens with zero attached hydrogens (tertiary/aromatic N) is 1. The summed E-state index contributed by atoms with van der Waals surface area (Å²) in [5.41, 5.74) is 0.661. The van der Waals surface area contributed by atoms with Crippen LogP contribution in [0.1, 0.15) is 77.3 Å². The molecule has 8 heteroatoms.